The standard InChI is InChI=1S/C14H22ClNO2S/c1-14(2,3)19(17,18)9-8-11(10-16)12-6-4-5-7-13(12)15/h4-7,11H,8-10,16H2,1-3H3. The largest absolute Gasteiger partial charge is 0.330 e. The summed E-state index contributed by atoms with van der Waals surface area (Å²) in [6.45, 7) is 5.54. The van der Waals surface area contributed by atoms with Crippen molar-refractivity contribution in [1.82, 2.24) is 0 Å². The van der Waals surface area contributed by atoms with Crippen molar-refractivity contribution in [2.75, 3.05) is 12.3 Å². The van der Waals surface area contributed by atoms with Gasteiger partial charge in [0.25, 0.3) is 0 Å². The molecule has 1 unspecified atom stereocenters. The van der Waals surface area contributed by atoms with Gasteiger partial charge >= 0.3 is 0 Å². The molecule has 0 radical (unpaired) electrons. The fourth-order valence-corrected chi connectivity index (χ4v) is 3.31. The summed E-state index contributed by atoms with van der Waals surface area (Å²) in [6.07, 6.45) is 0.500. The van der Waals surface area contributed by atoms with Crippen molar-refractivity contribution in [3.63, 3.8) is 0 Å². The first-order chi connectivity index (χ1) is 8.69. The Labute approximate surface area is 121 Å². The zero-order chi connectivity index (χ0) is 14.7. The van der Waals surface area contributed by atoms with Gasteiger partial charge in [0.05, 0.1) is 10.5 Å². The summed E-state index contributed by atoms with van der Waals surface area (Å²) in [4.78, 5) is 0. The van der Waals surface area contributed by atoms with E-state index in [2.05, 4.69) is 0 Å². The van der Waals surface area contributed by atoms with E-state index in [9.17, 15) is 8.42 Å². The number of hydrogen-bond donors (Lipinski definition) is 1. The SMILES string of the molecule is CC(C)(C)S(=O)(=O)CCC(CN)c1ccccc1Cl. The topological polar surface area (TPSA) is 60.2 Å². The Morgan fingerprint density at radius 1 is 1.26 bits per heavy atom. The fraction of sp³-hybridized carbons (Fsp3) is 0.571. The predicted molar refractivity (Wildman–Crippen MR) is 81.4 cm³/mol. The number of rotatable bonds is 5. The number of halogens is 1. The molecule has 0 saturated carbocycles. The van der Waals surface area contributed by atoms with Crippen molar-refractivity contribution >= 4 is 21.4 Å². The maximum Gasteiger partial charge on any atom is 0.155 e. The minimum atomic E-state index is -3.12. The highest BCUT2D eigenvalue weighted by Crippen LogP contribution is 2.28. The molecule has 1 atom stereocenters. The third kappa shape index (κ3) is 4.20. The number of hydrogen-bond acceptors (Lipinski definition) is 3. The lowest BCUT2D eigenvalue weighted by Crippen LogP contribution is -2.31. The third-order valence-electron chi connectivity index (χ3n) is 3.30. The van der Waals surface area contributed by atoms with E-state index in [1.807, 2.05) is 18.2 Å². The number of sulfone groups is 1. The Kier molecular flexibility index (Phi) is 5.42. The van der Waals surface area contributed by atoms with Gasteiger partial charge in [-0.05, 0) is 51.3 Å². The molecule has 19 heavy (non-hydrogen) atoms. The zero-order valence-electron chi connectivity index (χ0n) is 11.7. The van der Waals surface area contributed by atoms with Crippen LogP contribution in [0.25, 0.3) is 0 Å². The van der Waals surface area contributed by atoms with E-state index in [4.69, 9.17) is 17.3 Å². The summed E-state index contributed by atoms with van der Waals surface area (Å²) in [6, 6.07) is 7.45. The van der Waals surface area contributed by atoms with E-state index in [1.54, 1.807) is 26.8 Å². The Bertz CT molecular complexity index is 520. The Balaban J connectivity index is 2.84. The average Bonchev–Trinajstić information content (AvgIpc) is 2.30. The normalized spacial score (nSPS) is 14.4. The van der Waals surface area contributed by atoms with Crippen molar-refractivity contribution < 1.29 is 8.42 Å². The van der Waals surface area contributed by atoms with Crippen LogP contribution >= 0.6 is 11.6 Å². The van der Waals surface area contributed by atoms with Crippen LogP contribution in [0.4, 0.5) is 0 Å². The molecule has 108 valence electrons. The van der Waals surface area contributed by atoms with E-state index in [0.29, 0.717) is 18.0 Å². The van der Waals surface area contributed by atoms with Crippen molar-refractivity contribution in [2.45, 2.75) is 37.9 Å². The predicted octanol–water partition coefficient (Wildman–Crippen LogP) is 2.99. The van der Waals surface area contributed by atoms with Gasteiger partial charge < -0.3 is 5.73 Å². The molecule has 1 aromatic rings. The monoisotopic (exact) mass is 303 g/mol. The van der Waals surface area contributed by atoms with Crippen LogP contribution in [0.1, 0.15) is 38.7 Å². The first-order valence-electron chi connectivity index (χ1n) is 6.36. The van der Waals surface area contributed by atoms with Crippen LogP contribution < -0.4 is 5.73 Å². The van der Waals surface area contributed by atoms with E-state index < -0.39 is 14.6 Å². The van der Waals surface area contributed by atoms with Gasteiger partial charge in [0.15, 0.2) is 9.84 Å². The second kappa shape index (κ2) is 6.25. The summed E-state index contributed by atoms with van der Waals surface area (Å²) in [5, 5.41) is 0.645. The molecule has 0 fully saturated rings. The Hall–Kier alpha value is -0.580. The maximum atomic E-state index is 12.1. The molecule has 5 heteroatoms. The van der Waals surface area contributed by atoms with Gasteiger partial charge in [0.1, 0.15) is 0 Å². The molecule has 0 aliphatic carbocycles. The first-order valence-corrected chi connectivity index (χ1v) is 8.39. The van der Waals surface area contributed by atoms with Crippen LogP contribution in [0.15, 0.2) is 24.3 Å². The van der Waals surface area contributed by atoms with Crippen molar-refractivity contribution in [3.05, 3.63) is 34.9 Å². The highest BCUT2D eigenvalue weighted by atomic mass is 35.5. The van der Waals surface area contributed by atoms with E-state index in [1.165, 1.54) is 0 Å². The van der Waals surface area contributed by atoms with Crippen molar-refractivity contribution in [1.29, 1.82) is 0 Å². The highest BCUT2D eigenvalue weighted by molar-refractivity contribution is 7.92. The third-order valence-corrected chi connectivity index (χ3v) is 6.28. The van der Waals surface area contributed by atoms with Gasteiger partial charge in [-0.2, -0.15) is 0 Å². The number of nitrogens with two attached hydrogens (primary N) is 1. The van der Waals surface area contributed by atoms with Gasteiger partial charge in [-0.25, -0.2) is 8.42 Å². The quantitative estimate of drug-likeness (QED) is 0.909. The zero-order valence-corrected chi connectivity index (χ0v) is 13.3. The van der Waals surface area contributed by atoms with Gasteiger partial charge in [0.2, 0.25) is 0 Å². The fourth-order valence-electron chi connectivity index (χ4n) is 1.81. The first kappa shape index (κ1) is 16.5. The minimum Gasteiger partial charge on any atom is -0.330 e. The van der Waals surface area contributed by atoms with Gasteiger partial charge in [-0.1, -0.05) is 29.8 Å². The lowest BCUT2D eigenvalue weighted by molar-refractivity contribution is 0.551. The number of benzene rings is 1. The maximum absolute atomic E-state index is 12.1. The molecular weight excluding hydrogens is 282 g/mol. The molecule has 2 N–H and O–H groups in total. The van der Waals surface area contributed by atoms with Crippen molar-refractivity contribution in [3.8, 4) is 0 Å². The van der Waals surface area contributed by atoms with Crippen LogP contribution in [0.2, 0.25) is 5.02 Å². The van der Waals surface area contributed by atoms with E-state index >= 15 is 0 Å². The molecule has 0 saturated heterocycles. The van der Waals surface area contributed by atoms with Crippen LogP contribution in [-0.2, 0) is 9.84 Å². The van der Waals surface area contributed by atoms with Crippen LogP contribution in [0, 0.1) is 0 Å². The van der Waals surface area contributed by atoms with E-state index in [-0.39, 0.29) is 11.7 Å². The molecule has 0 amide bonds. The lowest BCUT2D eigenvalue weighted by atomic mass is 9.97. The second-order valence-electron chi connectivity index (χ2n) is 5.67. The van der Waals surface area contributed by atoms with Crippen LogP contribution in [0.5, 0.6) is 0 Å². The molecular formula is C14H22ClNO2S. The van der Waals surface area contributed by atoms with Gasteiger partial charge in [-0.3, -0.25) is 0 Å². The van der Waals surface area contributed by atoms with Gasteiger partial charge in [0, 0.05) is 5.02 Å². The highest BCUT2D eigenvalue weighted by Gasteiger charge is 2.29. The molecule has 0 aliphatic heterocycles. The second-order valence-corrected chi connectivity index (χ2v) is 8.94. The summed E-state index contributed by atoms with van der Waals surface area (Å²) < 4.78 is 23.5. The van der Waals surface area contributed by atoms with Crippen LogP contribution in [0.3, 0.4) is 0 Å². The molecule has 3 nitrogen and oxygen atoms in total. The lowest BCUT2D eigenvalue weighted by Gasteiger charge is -2.22. The summed E-state index contributed by atoms with van der Waals surface area (Å²) in [5.41, 5.74) is 6.69. The average molecular weight is 304 g/mol. The summed E-state index contributed by atoms with van der Waals surface area (Å²) >= 11 is 6.13. The van der Waals surface area contributed by atoms with E-state index in [0.717, 1.165) is 5.56 Å². The molecule has 0 spiro atoms. The molecule has 0 aromatic heterocycles. The molecule has 0 bridgehead atoms. The minimum absolute atomic E-state index is 0.0224. The Morgan fingerprint density at radius 3 is 2.32 bits per heavy atom. The summed E-state index contributed by atoms with van der Waals surface area (Å²) in [7, 11) is -3.12. The smallest absolute Gasteiger partial charge is 0.155 e. The van der Waals surface area contributed by atoms with Crippen LogP contribution in [-0.4, -0.2) is 25.5 Å². The molecule has 0 aliphatic rings. The molecule has 1 rings (SSSR count). The molecule has 1 aromatic carbocycles. The summed E-state index contributed by atoms with van der Waals surface area (Å²) in [5.74, 6) is 0.106. The molecule has 0 heterocycles. The van der Waals surface area contributed by atoms with Crippen molar-refractivity contribution in [2.24, 2.45) is 5.73 Å². The van der Waals surface area contributed by atoms with Gasteiger partial charge in [-0.15, -0.1) is 0 Å². The Morgan fingerprint density at radius 2 is 1.84 bits per heavy atom.